The number of hydrogen-bond acceptors (Lipinski definition) is 4. The molecule has 2 aromatic heterocycles. The zero-order chi connectivity index (χ0) is 12.7. The van der Waals surface area contributed by atoms with Crippen LogP contribution in [0.1, 0.15) is 0 Å². The maximum Gasteiger partial charge on any atom is 0.295 e. The first-order chi connectivity index (χ1) is 8.66. The summed E-state index contributed by atoms with van der Waals surface area (Å²) in [5, 5.41) is 5.11. The Hall–Kier alpha value is -2.63. The number of nitrogen functional groups attached to an aromatic ring is 1. The molecule has 90 valence electrons. The molecule has 0 amide bonds. The summed E-state index contributed by atoms with van der Waals surface area (Å²) in [4.78, 5) is 16.1. The third-order valence-corrected chi connectivity index (χ3v) is 2.79. The standard InChI is InChI=1S/C12H11N5O/c1-16-5-4-14-11(12(16)18)17-10-6-9(13)3-2-8(10)7-15-17/h2-7H,13H2,1H3. The quantitative estimate of drug-likeness (QED) is 0.636. The highest BCUT2D eigenvalue weighted by Gasteiger charge is 2.10. The summed E-state index contributed by atoms with van der Waals surface area (Å²) < 4.78 is 2.97. The van der Waals surface area contributed by atoms with Crippen LogP contribution in [-0.4, -0.2) is 19.3 Å². The molecule has 0 saturated carbocycles. The maximum absolute atomic E-state index is 12.0. The van der Waals surface area contributed by atoms with Crippen LogP contribution in [0.5, 0.6) is 0 Å². The highest BCUT2D eigenvalue weighted by molar-refractivity contribution is 5.82. The van der Waals surface area contributed by atoms with E-state index in [9.17, 15) is 4.79 Å². The number of fused-ring (bicyclic) bond motifs is 1. The van der Waals surface area contributed by atoms with Crippen molar-refractivity contribution >= 4 is 16.6 Å². The Labute approximate surface area is 102 Å². The first-order valence-corrected chi connectivity index (χ1v) is 5.42. The topological polar surface area (TPSA) is 78.7 Å². The molecule has 0 aliphatic heterocycles. The van der Waals surface area contributed by atoms with E-state index < -0.39 is 0 Å². The second kappa shape index (κ2) is 3.69. The van der Waals surface area contributed by atoms with Crippen molar-refractivity contribution < 1.29 is 0 Å². The van der Waals surface area contributed by atoms with Crippen LogP contribution in [0.3, 0.4) is 0 Å². The Kier molecular flexibility index (Phi) is 2.16. The summed E-state index contributed by atoms with van der Waals surface area (Å²) in [6.07, 6.45) is 4.85. The average molecular weight is 241 g/mol. The average Bonchev–Trinajstić information content (AvgIpc) is 2.75. The normalized spacial score (nSPS) is 10.9. The van der Waals surface area contributed by atoms with E-state index in [4.69, 9.17) is 5.73 Å². The molecular weight excluding hydrogens is 230 g/mol. The Balaban J connectivity index is 2.35. The molecular formula is C12H11N5O. The second-order valence-electron chi connectivity index (χ2n) is 4.04. The molecule has 0 aliphatic rings. The summed E-state index contributed by atoms with van der Waals surface area (Å²) in [5.74, 6) is 0.264. The van der Waals surface area contributed by atoms with Gasteiger partial charge in [0.05, 0.1) is 11.7 Å². The molecule has 0 fully saturated rings. The van der Waals surface area contributed by atoms with Gasteiger partial charge in [-0.3, -0.25) is 4.79 Å². The van der Waals surface area contributed by atoms with E-state index in [1.807, 2.05) is 6.07 Å². The van der Waals surface area contributed by atoms with E-state index in [2.05, 4.69) is 10.1 Å². The molecule has 2 heterocycles. The highest BCUT2D eigenvalue weighted by atomic mass is 16.1. The van der Waals surface area contributed by atoms with Crippen molar-refractivity contribution in [1.82, 2.24) is 19.3 Å². The Morgan fingerprint density at radius 3 is 3.00 bits per heavy atom. The number of benzene rings is 1. The minimum absolute atomic E-state index is 0.204. The number of aromatic nitrogens is 4. The SMILES string of the molecule is Cn1ccnc(-n2ncc3ccc(N)cc32)c1=O. The minimum atomic E-state index is -0.204. The lowest BCUT2D eigenvalue weighted by Crippen LogP contribution is -2.23. The molecule has 0 radical (unpaired) electrons. The van der Waals surface area contributed by atoms with Crippen molar-refractivity contribution in [2.24, 2.45) is 7.05 Å². The molecule has 0 unspecified atom stereocenters. The van der Waals surface area contributed by atoms with Crippen LogP contribution in [0.25, 0.3) is 16.7 Å². The molecule has 1 aromatic carbocycles. The minimum Gasteiger partial charge on any atom is -0.399 e. The van der Waals surface area contributed by atoms with Crippen LogP contribution >= 0.6 is 0 Å². The van der Waals surface area contributed by atoms with Crippen LogP contribution in [0.4, 0.5) is 5.69 Å². The van der Waals surface area contributed by atoms with Gasteiger partial charge in [0.2, 0.25) is 5.82 Å². The van der Waals surface area contributed by atoms with Gasteiger partial charge in [0.25, 0.3) is 5.56 Å². The van der Waals surface area contributed by atoms with E-state index in [-0.39, 0.29) is 11.4 Å². The highest BCUT2D eigenvalue weighted by Crippen LogP contribution is 2.18. The van der Waals surface area contributed by atoms with Crippen molar-refractivity contribution in [1.29, 1.82) is 0 Å². The van der Waals surface area contributed by atoms with Crippen molar-refractivity contribution in [3.8, 4) is 5.82 Å². The number of nitrogens with two attached hydrogens (primary N) is 1. The molecule has 0 spiro atoms. The zero-order valence-electron chi connectivity index (χ0n) is 9.74. The molecule has 2 N–H and O–H groups in total. The fourth-order valence-corrected chi connectivity index (χ4v) is 1.83. The van der Waals surface area contributed by atoms with Crippen molar-refractivity contribution in [2.45, 2.75) is 0 Å². The summed E-state index contributed by atoms with van der Waals surface area (Å²) in [6, 6.07) is 5.43. The van der Waals surface area contributed by atoms with Gasteiger partial charge < -0.3 is 10.3 Å². The Morgan fingerprint density at radius 2 is 2.17 bits per heavy atom. The van der Waals surface area contributed by atoms with Gasteiger partial charge in [-0.2, -0.15) is 5.10 Å². The monoisotopic (exact) mass is 241 g/mol. The predicted molar refractivity (Wildman–Crippen MR) is 68.5 cm³/mol. The van der Waals surface area contributed by atoms with Crippen molar-refractivity contribution in [3.63, 3.8) is 0 Å². The van der Waals surface area contributed by atoms with Crippen LogP contribution in [-0.2, 0) is 7.05 Å². The van der Waals surface area contributed by atoms with E-state index >= 15 is 0 Å². The number of anilines is 1. The predicted octanol–water partition coefficient (Wildman–Crippen LogP) is 0.701. The third kappa shape index (κ3) is 1.46. The van der Waals surface area contributed by atoms with Crippen molar-refractivity contribution in [2.75, 3.05) is 5.73 Å². The third-order valence-electron chi connectivity index (χ3n) is 2.79. The molecule has 6 nitrogen and oxygen atoms in total. The molecule has 3 rings (SSSR count). The molecule has 0 bridgehead atoms. The molecule has 3 aromatic rings. The first-order valence-electron chi connectivity index (χ1n) is 5.42. The number of rotatable bonds is 1. The van der Waals surface area contributed by atoms with Gasteiger partial charge in [-0.05, 0) is 18.2 Å². The summed E-state index contributed by atoms with van der Waals surface area (Å²) >= 11 is 0. The molecule has 0 saturated heterocycles. The van der Waals surface area contributed by atoms with Gasteiger partial charge in [0, 0.05) is 30.5 Å². The van der Waals surface area contributed by atoms with Crippen molar-refractivity contribution in [3.05, 3.63) is 47.1 Å². The van der Waals surface area contributed by atoms with Gasteiger partial charge in [-0.1, -0.05) is 0 Å². The van der Waals surface area contributed by atoms with E-state index in [0.717, 1.165) is 10.9 Å². The lowest BCUT2D eigenvalue weighted by Gasteiger charge is -2.03. The number of aryl methyl sites for hydroxylation is 1. The smallest absolute Gasteiger partial charge is 0.295 e. The van der Waals surface area contributed by atoms with Crippen LogP contribution in [0, 0.1) is 0 Å². The van der Waals surface area contributed by atoms with Gasteiger partial charge in [0.1, 0.15) is 0 Å². The summed E-state index contributed by atoms with van der Waals surface area (Å²) in [5.41, 5.74) is 6.94. The van der Waals surface area contributed by atoms with E-state index in [1.54, 1.807) is 37.8 Å². The summed E-state index contributed by atoms with van der Waals surface area (Å²) in [7, 11) is 1.67. The molecule has 18 heavy (non-hydrogen) atoms. The second-order valence-corrected chi connectivity index (χ2v) is 4.04. The Bertz CT molecular complexity index is 787. The van der Waals surface area contributed by atoms with E-state index in [0.29, 0.717) is 5.69 Å². The van der Waals surface area contributed by atoms with Crippen LogP contribution in [0.2, 0.25) is 0 Å². The largest absolute Gasteiger partial charge is 0.399 e. The van der Waals surface area contributed by atoms with E-state index in [1.165, 1.54) is 9.25 Å². The van der Waals surface area contributed by atoms with Gasteiger partial charge in [-0.15, -0.1) is 0 Å². The fraction of sp³-hybridized carbons (Fsp3) is 0.0833. The maximum atomic E-state index is 12.0. The Morgan fingerprint density at radius 1 is 1.33 bits per heavy atom. The van der Waals surface area contributed by atoms with Gasteiger partial charge in [-0.25, -0.2) is 9.67 Å². The van der Waals surface area contributed by atoms with Gasteiger partial charge in [0.15, 0.2) is 0 Å². The lowest BCUT2D eigenvalue weighted by molar-refractivity contribution is 0.779. The number of hydrogen-bond donors (Lipinski definition) is 1. The van der Waals surface area contributed by atoms with Crippen LogP contribution in [0.15, 0.2) is 41.6 Å². The lowest BCUT2D eigenvalue weighted by atomic mass is 10.2. The van der Waals surface area contributed by atoms with Gasteiger partial charge >= 0.3 is 0 Å². The number of nitrogens with zero attached hydrogens (tertiary/aromatic N) is 4. The zero-order valence-corrected chi connectivity index (χ0v) is 9.74. The van der Waals surface area contributed by atoms with Crippen LogP contribution < -0.4 is 11.3 Å². The molecule has 6 heteroatoms. The molecule has 0 aliphatic carbocycles. The first kappa shape index (κ1) is 10.5. The molecule has 0 atom stereocenters. The fourth-order valence-electron chi connectivity index (χ4n) is 1.83. The summed E-state index contributed by atoms with van der Waals surface area (Å²) in [6.45, 7) is 0.